The summed E-state index contributed by atoms with van der Waals surface area (Å²) in [5.41, 5.74) is 0.885. The third-order valence-corrected chi connectivity index (χ3v) is 5.78. The van der Waals surface area contributed by atoms with Gasteiger partial charge in [0.15, 0.2) is 6.61 Å². The van der Waals surface area contributed by atoms with Crippen LogP contribution in [0.5, 0.6) is 5.75 Å². The Kier molecular flexibility index (Phi) is 8.00. The van der Waals surface area contributed by atoms with Crippen LogP contribution in [0.4, 0.5) is 0 Å². The number of rotatable bonds is 8. The summed E-state index contributed by atoms with van der Waals surface area (Å²) < 4.78 is 5.62. The maximum atomic E-state index is 13.0. The highest BCUT2D eigenvalue weighted by molar-refractivity contribution is 6.30. The molecule has 0 spiro atoms. The zero-order valence-electron chi connectivity index (χ0n) is 16.9. The van der Waals surface area contributed by atoms with Crippen LogP contribution in [0.1, 0.15) is 38.2 Å². The van der Waals surface area contributed by atoms with E-state index in [1.807, 2.05) is 12.1 Å². The van der Waals surface area contributed by atoms with Gasteiger partial charge in [0, 0.05) is 22.6 Å². The Bertz CT molecular complexity index is 867. The van der Waals surface area contributed by atoms with E-state index in [9.17, 15) is 9.59 Å². The van der Waals surface area contributed by atoms with Gasteiger partial charge in [0.05, 0.1) is 0 Å². The number of carbonyl (C=O) groups is 2. The highest BCUT2D eigenvalue weighted by atomic mass is 35.5. The maximum Gasteiger partial charge on any atom is 0.261 e. The van der Waals surface area contributed by atoms with E-state index in [1.54, 1.807) is 43.3 Å². The Morgan fingerprint density at radius 2 is 1.80 bits per heavy atom. The van der Waals surface area contributed by atoms with Gasteiger partial charge < -0.3 is 15.0 Å². The molecule has 0 bridgehead atoms. The second-order valence-electron chi connectivity index (χ2n) is 7.56. The second-order valence-corrected chi connectivity index (χ2v) is 8.43. The smallest absolute Gasteiger partial charge is 0.261 e. The molecule has 1 N–H and O–H groups in total. The van der Waals surface area contributed by atoms with Crippen molar-refractivity contribution in [3.63, 3.8) is 0 Å². The highest BCUT2D eigenvalue weighted by Crippen LogP contribution is 2.20. The maximum absolute atomic E-state index is 13.0. The lowest BCUT2D eigenvalue weighted by molar-refractivity contribution is -0.142. The molecule has 2 aromatic rings. The third-order valence-electron chi connectivity index (χ3n) is 5.29. The molecule has 1 aliphatic carbocycles. The highest BCUT2D eigenvalue weighted by Gasteiger charge is 2.28. The molecule has 0 unspecified atom stereocenters. The van der Waals surface area contributed by atoms with E-state index >= 15 is 0 Å². The van der Waals surface area contributed by atoms with Crippen LogP contribution < -0.4 is 10.1 Å². The van der Waals surface area contributed by atoms with E-state index in [0.29, 0.717) is 15.8 Å². The summed E-state index contributed by atoms with van der Waals surface area (Å²) >= 11 is 12.0. The van der Waals surface area contributed by atoms with Crippen LogP contribution in [0.25, 0.3) is 0 Å². The first kappa shape index (κ1) is 22.4. The Hall–Kier alpha value is -2.24. The van der Waals surface area contributed by atoms with Crippen LogP contribution in [-0.4, -0.2) is 35.4 Å². The van der Waals surface area contributed by atoms with Crippen molar-refractivity contribution in [2.75, 3.05) is 6.61 Å². The number of amides is 2. The lowest BCUT2D eigenvalue weighted by atomic mass is 10.1. The first-order valence-electron chi connectivity index (χ1n) is 10.1. The minimum Gasteiger partial charge on any atom is -0.484 e. The fourth-order valence-corrected chi connectivity index (χ4v) is 3.85. The van der Waals surface area contributed by atoms with Gasteiger partial charge >= 0.3 is 0 Å². The first-order valence-corrected chi connectivity index (χ1v) is 10.9. The number of hydrogen-bond acceptors (Lipinski definition) is 3. The average molecular weight is 449 g/mol. The van der Waals surface area contributed by atoms with Crippen molar-refractivity contribution < 1.29 is 14.3 Å². The number of ether oxygens (including phenoxy) is 1. The van der Waals surface area contributed by atoms with Crippen LogP contribution in [0, 0.1) is 0 Å². The Labute approximate surface area is 187 Å². The number of halogens is 2. The first-order chi connectivity index (χ1) is 14.4. The Balaban J connectivity index is 1.70. The van der Waals surface area contributed by atoms with Crippen LogP contribution in [0.2, 0.25) is 10.0 Å². The van der Waals surface area contributed by atoms with Gasteiger partial charge in [-0.2, -0.15) is 0 Å². The number of carbonyl (C=O) groups excluding carboxylic acids is 2. The summed E-state index contributed by atoms with van der Waals surface area (Å²) in [4.78, 5) is 27.4. The summed E-state index contributed by atoms with van der Waals surface area (Å²) in [6.45, 7) is 1.85. The quantitative estimate of drug-likeness (QED) is 0.627. The minimum absolute atomic E-state index is 0.146. The summed E-state index contributed by atoms with van der Waals surface area (Å²) in [6.07, 6.45) is 4.23. The minimum atomic E-state index is -0.628. The molecule has 0 saturated heterocycles. The third kappa shape index (κ3) is 6.38. The fourth-order valence-electron chi connectivity index (χ4n) is 3.55. The van der Waals surface area contributed by atoms with Gasteiger partial charge in [0.2, 0.25) is 5.91 Å². The van der Waals surface area contributed by atoms with Crippen LogP contribution >= 0.6 is 23.2 Å². The predicted octanol–water partition coefficient (Wildman–Crippen LogP) is 4.85. The molecule has 0 aromatic heterocycles. The zero-order chi connectivity index (χ0) is 21.5. The van der Waals surface area contributed by atoms with E-state index in [0.717, 1.165) is 31.2 Å². The topological polar surface area (TPSA) is 58.6 Å². The Morgan fingerprint density at radius 3 is 2.47 bits per heavy atom. The van der Waals surface area contributed by atoms with Gasteiger partial charge in [-0.1, -0.05) is 54.2 Å². The van der Waals surface area contributed by atoms with E-state index in [-0.39, 0.29) is 31.0 Å². The number of benzene rings is 2. The SMILES string of the molecule is C[C@@H](C(=O)NC1CCCC1)N(Cc1ccc(Cl)cc1)C(=O)COc1cccc(Cl)c1. The molecule has 160 valence electrons. The molecule has 2 amide bonds. The predicted molar refractivity (Wildman–Crippen MR) is 119 cm³/mol. The molecule has 1 saturated carbocycles. The van der Waals surface area contributed by atoms with Crippen molar-refractivity contribution in [3.8, 4) is 5.75 Å². The molecule has 1 atom stereocenters. The molecular weight excluding hydrogens is 423 g/mol. The van der Waals surface area contributed by atoms with Crippen molar-refractivity contribution in [2.45, 2.75) is 51.2 Å². The molecule has 30 heavy (non-hydrogen) atoms. The lowest BCUT2D eigenvalue weighted by Crippen LogP contribution is -2.50. The summed E-state index contributed by atoms with van der Waals surface area (Å²) in [7, 11) is 0. The van der Waals surface area contributed by atoms with Gasteiger partial charge in [-0.3, -0.25) is 9.59 Å². The molecule has 5 nitrogen and oxygen atoms in total. The summed E-state index contributed by atoms with van der Waals surface area (Å²) in [5, 5.41) is 4.23. The molecular formula is C23H26Cl2N2O3. The van der Waals surface area contributed by atoms with Crippen LogP contribution in [0.3, 0.4) is 0 Å². The zero-order valence-corrected chi connectivity index (χ0v) is 18.5. The van der Waals surface area contributed by atoms with E-state index in [4.69, 9.17) is 27.9 Å². The van der Waals surface area contributed by atoms with Crippen LogP contribution in [0.15, 0.2) is 48.5 Å². The monoisotopic (exact) mass is 448 g/mol. The van der Waals surface area contributed by atoms with E-state index in [1.165, 1.54) is 4.90 Å². The van der Waals surface area contributed by atoms with Gasteiger partial charge in [0.1, 0.15) is 11.8 Å². The molecule has 1 fully saturated rings. The van der Waals surface area contributed by atoms with Crippen molar-refractivity contribution in [3.05, 3.63) is 64.1 Å². The molecule has 3 rings (SSSR count). The van der Waals surface area contributed by atoms with Gasteiger partial charge in [-0.25, -0.2) is 0 Å². The lowest BCUT2D eigenvalue weighted by Gasteiger charge is -2.29. The van der Waals surface area contributed by atoms with Gasteiger partial charge in [0.25, 0.3) is 5.91 Å². The van der Waals surface area contributed by atoms with E-state index < -0.39 is 6.04 Å². The molecule has 2 aromatic carbocycles. The normalized spacial score (nSPS) is 14.9. The summed E-state index contributed by atoms with van der Waals surface area (Å²) in [5.74, 6) is 0.0799. The van der Waals surface area contributed by atoms with E-state index in [2.05, 4.69) is 5.32 Å². The number of nitrogens with one attached hydrogen (secondary N) is 1. The summed E-state index contributed by atoms with van der Waals surface area (Å²) in [6, 6.07) is 13.7. The average Bonchev–Trinajstić information content (AvgIpc) is 3.24. The Morgan fingerprint density at radius 1 is 1.10 bits per heavy atom. The molecule has 7 heteroatoms. The standard InChI is InChI=1S/C23H26Cl2N2O3/c1-16(23(29)26-20-6-2-3-7-20)27(14-17-9-11-18(24)12-10-17)22(28)15-30-21-8-4-5-19(25)13-21/h4-5,8-13,16,20H,2-3,6-7,14-15H2,1H3,(H,26,29)/t16-/m0/s1. The molecule has 0 aliphatic heterocycles. The van der Waals surface area contributed by atoms with Gasteiger partial charge in [-0.05, 0) is 55.7 Å². The number of nitrogens with zero attached hydrogens (tertiary/aromatic N) is 1. The molecule has 0 radical (unpaired) electrons. The molecule has 1 aliphatic rings. The van der Waals surface area contributed by atoms with Crippen molar-refractivity contribution >= 4 is 35.0 Å². The second kappa shape index (κ2) is 10.7. The van der Waals surface area contributed by atoms with Crippen molar-refractivity contribution in [1.82, 2.24) is 10.2 Å². The van der Waals surface area contributed by atoms with Crippen LogP contribution in [-0.2, 0) is 16.1 Å². The van der Waals surface area contributed by atoms with Crippen molar-refractivity contribution in [2.24, 2.45) is 0 Å². The largest absolute Gasteiger partial charge is 0.484 e. The van der Waals surface area contributed by atoms with Gasteiger partial charge in [-0.15, -0.1) is 0 Å². The van der Waals surface area contributed by atoms with Crippen molar-refractivity contribution in [1.29, 1.82) is 0 Å². The fraction of sp³-hybridized carbons (Fsp3) is 0.391. The molecule has 0 heterocycles. The number of hydrogen-bond donors (Lipinski definition) is 1.